The van der Waals surface area contributed by atoms with Gasteiger partial charge in [0, 0.05) is 12.3 Å². The molecule has 30 heavy (non-hydrogen) atoms. The summed E-state index contributed by atoms with van der Waals surface area (Å²) in [6.45, 7) is 4.06. The summed E-state index contributed by atoms with van der Waals surface area (Å²) in [6, 6.07) is 12.7. The van der Waals surface area contributed by atoms with Crippen molar-refractivity contribution in [1.29, 1.82) is 0 Å². The fraction of sp³-hybridized carbons (Fsp3) is 0.182. The molecular weight excluding hydrogens is 384 g/mol. The van der Waals surface area contributed by atoms with Gasteiger partial charge in [-0.3, -0.25) is 4.79 Å². The minimum absolute atomic E-state index is 0.0260. The van der Waals surface area contributed by atoms with Gasteiger partial charge in [0.25, 0.3) is 5.89 Å². The smallest absolute Gasteiger partial charge is 0.282 e. The van der Waals surface area contributed by atoms with Gasteiger partial charge in [0.2, 0.25) is 11.3 Å². The molecule has 0 amide bonds. The Balaban J connectivity index is 1.77. The van der Waals surface area contributed by atoms with Crippen LogP contribution in [0.5, 0.6) is 11.5 Å². The molecular formula is C22H20N4O4. The molecule has 0 fully saturated rings. The maximum atomic E-state index is 12.4. The zero-order valence-electron chi connectivity index (χ0n) is 17.0. The van der Waals surface area contributed by atoms with Crippen molar-refractivity contribution in [2.75, 3.05) is 14.2 Å². The molecule has 4 aromatic rings. The van der Waals surface area contributed by atoms with Gasteiger partial charge in [-0.05, 0) is 49.2 Å². The van der Waals surface area contributed by atoms with Crippen molar-refractivity contribution >= 4 is 0 Å². The second-order valence-electron chi connectivity index (χ2n) is 6.71. The van der Waals surface area contributed by atoms with Crippen molar-refractivity contribution in [2.24, 2.45) is 0 Å². The van der Waals surface area contributed by atoms with Crippen LogP contribution in [0, 0.1) is 13.8 Å². The van der Waals surface area contributed by atoms with Gasteiger partial charge in [-0.1, -0.05) is 17.3 Å². The van der Waals surface area contributed by atoms with Gasteiger partial charge in [0.1, 0.15) is 0 Å². The number of hydrogen-bond donors (Lipinski definition) is 0. The zero-order valence-corrected chi connectivity index (χ0v) is 17.0. The van der Waals surface area contributed by atoms with Crippen molar-refractivity contribution < 1.29 is 14.0 Å². The molecule has 0 aliphatic rings. The van der Waals surface area contributed by atoms with Crippen LogP contribution in [-0.4, -0.2) is 34.1 Å². The lowest BCUT2D eigenvalue weighted by molar-refractivity contribution is 0.355. The molecule has 0 saturated carbocycles. The number of para-hydroxylation sites is 1. The summed E-state index contributed by atoms with van der Waals surface area (Å²) < 4.78 is 17.7. The Morgan fingerprint density at radius 2 is 1.83 bits per heavy atom. The van der Waals surface area contributed by atoms with Gasteiger partial charge in [-0.25, -0.2) is 4.68 Å². The third-order valence-electron chi connectivity index (χ3n) is 4.84. The first-order chi connectivity index (χ1) is 14.5. The summed E-state index contributed by atoms with van der Waals surface area (Å²) in [5.41, 5.74) is 3.46. The molecule has 4 rings (SSSR count). The highest BCUT2D eigenvalue weighted by Gasteiger charge is 2.20. The molecule has 2 aromatic heterocycles. The van der Waals surface area contributed by atoms with Crippen LogP contribution in [0.1, 0.15) is 11.1 Å². The Bertz CT molecular complexity index is 1280. The van der Waals surface area contributed by atoms with Gasteiger partial charge >= 0.3 is 0 Å². The van der Waals surface area contributed by atoms with E-state index in [9.17, 15) is 4.79 Å². The van der Waals surface area contributed by atoms with Crippen molar-refractivity contribution in [2.45, 2.75) is 13.8 Å². The van der Waals surface area contributed by atoms with E-state index in [-0.39, 0.29) is 22.8 Å². The van der Waals surface area contributed by atoms with Crippen LogP contribution >= 0.6 is 0 Å². The maximum Gasteiger partial charge on any atom is 0.282 e. The fourth-order valence-corrected chi connectivity index (χ4v) is 3.06. The van der Waals surface area contributed by atoms with Crippen LogP contribution in [0.3, 0.4) is 0 Å². The average molecular weight is 404 g/mol. The lowest BCUT2D eigenvalue weighted by atomic mass is 10.1. The number of rotatable bonds is 5. The molecule has 0 aliphatic carbocycles. The predicted octanol–water partition coefficient (Wildman–Crippen LogP) is 3.58. The predicted molar refractivity (Wildman–Crippen MR) is 111 cm³/mol. The van der Waals surface area contributed by atoms with E-state index >= 15 is 0 Å². The summed E-state index contributed by atoms with van der Waals surface area (Å²) in [7, 11) is 3.08. The Hall–Kier alpha value is -3.94. The minimum Gasteiger partial charge on any atom is -0.493 e. The molecule has 0 atom stereocenters. The van der Waals surface area contributed by atoms with E-state index < -0.39 is 0 Å². The van der Waals surface area contributed by atoms with Gasteiger partial charge < -0.3 is 14.0 Å². The number of aryl methyl sites for hydroxylation is 2. The summed E-state index contributed by atoms with van der Waals surface area (Å²) in [5, 5.41) is 8.43. The topological polar surface area (TPSA) is 92.3 Å². The highest BCUT2D eigenvalue weighted by molar-refractivity contribution is 5.69. The van der Waals surface area contributed by atoms with Gasteiger partial charge in [-0.2, -0.15) is 10.1 Å². The second kappa shape index (κ2) is 7.82. The highest BCUT2D eigenvalue weighted by atomic mass is 16.5. The van der Waals surface area contributed by atoms with E-state index in [1.54, 1.807) is 36.2 Å². The summed E-state index contributed by atoms with van der Waals surface area (Å²) in [4.78, 5) is 16.8. The van der Waals surface area contributed by atoms with E-state index in [1.807, 2.05) is 32.0 Å². The molecule has 0 bridgehead atoms. The van der Waals surface area contributed by atoms with Crippen molar-refractivity contribution in [3.05, 3.63) is 70.0 Å². The maximum absolute atomic E-state index is 12.4. The quantitative estimate of drug-likeness (QED) is 0.502. The molecule has 0 radical (unpaired) electrons. The van der Waals surface area contributed by atoms with Gasteiger partial charge in [0.15, 0.2) is 17.2 Å². The van der Waals surface area contributed by atoms with E-state index in [2.05, 4.69) is 15.2 Å². The molecule has 2 heterocycles. The average Bonchev–Trinajstić information content (AvgIpc) is 3.25. The minimum atomic E-state index is -0.317. The summed E-state index contributed by atoms with van der Waals surface area (Å²) >= 11 is 0. The van der Waals surface area contributed by atoms with Crippen LogP contribution in [0.25, 0.3) is 28.7 Å². The second-order valence-corrected chi connectivity index (χ2v) is 6.71. The van der Waals surface area contributed by atoms with Crippen molar-refractivity contribution in [1.82, 2.24) is 19.9 Å². The van der Waals surface area contributed by atoms with Crippen LogP contribution in [0.15, 0.2) is 58.0 Å². The van der Waals surface area contributed by atoms with Crippen LogP contribution in [0.2, 0.25) is 0 Å². The molecule has 152 valence electrons. The number of nitrogens with zero attached hydrogens (tertiary/aromatic N) is 4. The third-order valence-corrected chi connectivity index (χ3v) is 4.84. The van der Waals surface area contributed by atoms with Crippen molar-refractivity contribution in [3.8, 4) is 40.2 Å². The van der Waals surface area contributed by atoms with E-state index in [0.29, 0.717) is 17.1 Å². The van der Waals surface area contributed by atoms with Crippen molar-refractivity contribution in [3.63, 3.8) is 0 Å². The first-order valence-electron chi connectivity index (χ1n) is 9.25. The SMILES string of the molecule is COc1cccc(-c2noc(-c3nn(-c4ccc(C)c(C)c4)ccc3=O)n2)c1OC. The Labute approximate surface area is 172 Å². The molecule has 8 heteroatoms. The first kappa shape index (κ1) is 19.4. The molecule has 0 unspecified atom stereocenters. The Kier molecular flexibility index (Phi) is 5.05. The van der Waals surface area contributed by atoms with E-state index in [4.69, 9.17) is 14.0 Å². The number of ether oxygens (including phenoxy) is 2. The Morgan fingerprint density at radius 1 is 1.00 bits per heavy atom. The van der Waals surface area contributed by atoms with Crippen LogP contribution in [0.4, 0.5) is 0 Å². The molecule has 0 aliphatic heterocycles. The number of aromatic nitrogens is 4. The van der Waals surface area contributed by atoms with Crippen LogP contribution < -0.4 is 14.9 Å². The normalized spacial score (nSPS) is 10.8. The van der Waals surface area contributed by atoms with E-state index in [1.165, 1.54) is 18.7 Å². The lowest BCUT2D eigenvalue weighted by Crippen LogP contribution is -2.12. The summed E-state index contributed by atoms with van der Waals surface area (Å²) in [5.74, 6) is 1.30. The van der Waals surface area contributed by atoms with Gasteiger partial charge in [-0.15, -0.1) is 0 Å². The third kappa shape index (κ3) is 3.43. The fourth-order valence-electron chi connectivity index (χ4n) is 3.06. The molecule has 8 nitrogen and oxygen atoms in total. The molecule has 0 N–H and O–H groups in total. The monoisotopic (exact) mass is 404 g/mol. The first-order valence-corrected chi connectivity index (χ1v) is 9.25. The van der Waals surface area contributed by atoms with Gasteiger partial charge in [0.05, 0.1) is 25.5 Å². The standard InChI is InChI=1S/C22H20N4O4/c1-13-8-9-15(12-14(13)2)26-11-10-17(27)19(24-26)22-23-21(25-30-22)16-6-5-7-18(28-3)20(16)29-4/h5-12H,1-4H3. The van der Waals surface area contributed by atoms with E-state index in [0.717, 1.165) is 11.3 Å². The molecule has 2 aromatic carbocycles. The number of methoxy groups -OCH3 is 2. The largest absolute Gasteiger partial charge is 0.493 e. The Morgan fingerprint density at radius 3 is 2.57 bits per heavy atom. The number of hydrogen-bond acceptors (Lipinski definition) is 7. The summed E-state index contributed by atoms with van der Waals surface area (Å²) in [6.07, 6.45) is 1.61. The number of benzene rings is 2. The molecule has 0 spiro atoms. The zero-order chi connectivity index (χ0) is 21.3. The van der Waals surface area contributed by atoms with Crippen LogP contribution in [-0.2, 0) is 0 Å². The lowest BCUT2D eigenvalue weighted by Gasteiger charge is -2.09. The highest BCUT2D eigenvalue weighted by Crippen LogP contribution is 2.36. The molecule has 0 saturated heterocycles.